The Kier molecular flexibility index (Phi) is 4.51. The highest BCUT2D eigenvalue weighted by atomic mass is 32.1. The van der Waals surface area contributed by atoms with E-state index in [4.69, 9.17) is 0 Å². The zero-order valence-corrected chi connectivity index (χ0v) is 14.9. The molecule has 1 aromatic carbocycles. The maximum Gasteiger partial charge on any atom is 0.256 e. The number of benzene rings is 1. The number of carbonyl (C=O) groups excluding carboxylic acids is 1. The molecule has 128 valence electrons. The van der Waals surface area contributed by atoms with Gasteiger partial charge in [-0.25, -0.2) is 0 Å². The molecule has 2 heterocycles. The van der Waals surface area contributed by atoms with Crippen LogP contribution in [0.5, 0.6) is 0 Å². The highest BCUT2D eigenvalue weighted by Crippen LogP contribution is 2.42. The topological polar surface area (TPSA) is 65.8 Å². The smallest absolute Gasteiger partial charge is 0.256 e. The number of anilines is 1. The van der Waals surface area contributed by atoms with E-state index in [0.717, 1.165) is 24.8 Å². The van der Waals surface area contributed by atoms with Crippen LogP contribution in [-0.2, 0) is 12.8 Å². The number of rotatable bonds is 3. The molecule has 0 spiro atoms. The number of nitrogens with one attached hydrogen (secondary N) is 1. The number of thiophene rings is 1. The lowest BCUT2D eigenvalue weighted by atomic mass is 9.83. The number of carbonyl (C=O) groups is 1. The van der Waals surface area contributed by atoms with Gasteiger partial charge in [-0.3, -0.25) is 9.78 Å². The minimum atomic E-state index is -0.206. The molecule has 0 aliphatic heterocycles. The number of hydrogen-bond donors (Lipinski definition) is 1. The predicted octanol–water partition coefficient (Wildman–Crippen LogP) is 4.54. The average Bonchev–Trinajstić information content (AvgIpc) is 3.05. The largest absolute Gasteiger partial charge is 0.312 e. The van der Waals surface area contributed by atoms with E-state index in [1.165, 1.54) is 21.8 Å². The molecule has 2 aromatic heterocycles. The molecular formula is C21H17N3OS. The Bertz CT molecular complexity index is 974. The van der Waals surface area contributed by atoms with Crippen LogP contribution in [0.15, 0.2) is 54.9 Å². The molecule has 1 aliphatic carbocycles. The minimum Gasteiger partial charge on any atom is -0.312 e. The fourth-order valence-corrected chi connectivity index (χ4v) is 4.75. The van der Waals surface area contributed by atoms with Crippen molar-refractivity contribution in [3.05, 3.63) is 82.0 Å². The van der Waals surface area contributed by atoms with Crippen LogP contribution in [0, 0.1) is 11.3 Å². The summed E-state index contributed by atoms with van der Waals surface area (Å²) in [4.78, 5) is 17.6. The second-order valence-electron chi connectivity index (χ2n) is 6.36. The quantitative estimate of drug-likeness (QED) is 0.746. The van der Waals surface area contributed by atoms with Gasteiger partial charge >= 0.3 is 0 Å². The Morgan fingerprint density at radius 3 is 2.69 bits per heavy atom. The predicted molar refractivity (Wildman–Crippen MR) is 102 cm³/mol. The minimum absolute atomic E-state index is 0.206. The molecule has 0 saturated heterocycles. The first-order chi connectivity index (χ1) is 12.8. The molecule has 3 aromatic rings. The lowest BCUT2D eigenvalue weighted by Gasteiger charge is -2.22. The Balaban J connectivity index is 1.60. The number of nitriles is 1. The standard InChI is InChI=1S/C21H17N3OS/c22-13-18-17-7-6-16(14-4-2-1-3-5-14)12-19(17)26-21(18)24-20(25)15-8-10-23-11-9-15/h1-5,8-11,16H,6-7,12H2,(H,24,25). The zero-order chi connectivity index (χ0) is 17.9. The molecule has 4 rings (SSSR count). The van der Waals surface area contributed by atoms with Crippen molar-refractivity contribution in [2.45, 2.75) is 25.2 Å². The Morgan fingerprint density at radius 1 is 1.19 bits per heavy atom. The monoisotopic (exact) mass is 359 g/mol. The molecule has 0 saturated carbocycles. The third kappa shape index (κ3) is 3.12. The van der Waals surface area contributed by atoms with Gasteiger partial charge in [0.05, 0.1) is 5.56 Å². The summed E-state index contributed by atoms with van der Waals surface area (Å²) in [7, 11) is 0. The van der Waals surface area contributed by atoms with E-state index in [1.54, 1.807) is 24.5 Å². The van der Waals surface area contributed by atoms with Crippen LogP contribution in [-0.4, -0.2) is 10.9 Å². The fraction of sp³-hybridized carbons (Fsp3) is 0.190. The van der Waals surface area contributed by atoms with Crippen LogP contribution in [0.25, 0.3) is 0 Å². The van der Waals surface area contributed by atoms with Gasteiger partial charge in [-0.1, -0.05) is 30.3 Å². The van der Waals surface area contributed by atoms with E-state index in [1.807, 2.05) is 6.07 Å². The van der Waals surface area contributed by atoms with Crippen molar-refractivity contribution in [3.8, 4) is 6.07 Å². The van der Waals surface area contributed by atoms with Crippen LogP contribution in [0.1, 0.15) is 44.3 Å². The lowest BCUT2D eigenvalue weighted by molar-refractivity contribution is 0.102. The molecule has 0 fully saturated rings. The van der Waals surface area contributed by atoms with Gasteiger partial charge in [-0.2, -0.15) is 5.26 Å². The Morgan fingerprint density at radius 2 is 1.96 bits per heavy atom. The Hall–Kier alpha value is -2.97. The number of amides is 1. The molecule has 5 heteroatoms. The first kappa shape index (κ1) is 16.5. The number of aromatic nitrogens is 1. The van der Waals surface area contributed by atoms with E-state index in [2.05, 4.69) is 40.6 Å². The summed E-state index contributed by atoms with van der Waals surface area (Å²) in [6, 6.07) is 16.1. The zero-order valence-electron chi connectivity index (χ0n) is 14.1. The molecular weight excluding hydrogens is 342 g/mol. The number of hydrogen-bond acceptors (Lipinski definition) is 4. The number of nitrogens with zero attached hydrogens (tertiary/aromatic N) is 2. The van der Waals surface area contributed by atoms with Gasteiger partial charge in [-0.15, -0.1) is 11.3 Å². The molecule has 26 heavy (non-hydrogen) atoms. The summed E-state index contributed by atoms with van der Waals surface area (Å²) in [6.07, 6.45) is 6.00. The Labute approximate surface area is 156 Å². The fourth-order valence-electron chi connectivity index (χ4n) is 3.48. The van der Waals surface area contributed by atoms with Crippen LogP contribution < -0.4 is 5.32 Å². The van der Waals surface area contributed by atoms with Crippen molar-refractivity contribution in [3.63, 3.8) is 0 Å². The van der Waals surface area contributed by atoms with Gasteiger partial charge in [0.25, 0.3) is 5.91 Å². The van der Waals surface area contributed by atoms with Crippen molar-refractivity contribution in [1.82, 2.24) is 4.98 Å². The van der Waals surface area contributed by atoms with E-state index in [9.17, 15) is 10.1 Å². The van der Waals surface area contributed by atoms with Crippen LogP contribution in [0.4, 0.5) is 5.00 Å². The van der Waals surface area contributed by atoms with Crippen molar-refractivity contribution in [1.29, 1.82) is 5.26 Å². The highest BCUT2D eigenvalue weighted by molar-refractivity contribution is 7.16. The summed E-state index contributed by atoms with van der Waals surface area (Å²) >= 11 is 1.54. The molecule has 1 unspecified atom stereocenters. The van der Waals surface area contributed by atoms with E-state index >= 15 is 0 Å². The van der Waals surface area contributed by atoms with Gasteiger partial charge in [0.15, 0.2) is 0 Å². The van der Waals surface area contributed by atoms with Crippen molar-refractivity contribution in [2.75, 3.05) is 5.32 Å². The molecule has 1 amide bonds. The SMILES string of the molecule is N#Cc1c(NC(=O)c2ccncc2)sc2c1CCC(c1ccccc1)C2. The first-order valence-electron chi connectivity index (χ1n) is 8.57. The van der Waals surface area contributed by atoms with Gasteiger partial charge in [0.2, 0.25) is 0 Å². The summed E-state index contributed by atoms with van der Waals surface area (Å²) in [5.74, 6) is 0.264. The van der Waals surface area contributed by atoms with E-state index < -0.39 is 0 Å². The molecule has 0 bridgehead atoms. The van der Waals surface area contributed by atoms with Crippen LogP contribution in [0.2, 0.25) is 0 Å². The summed E-state index contributed by atoms with van der Waals surface area (Å²) < 4.78 is 0. The molecule has 0 radical (unpaired) electrons. The maximum atomic E-state index is 12.4. The van der Waals surface area contributed by atoms with Crippen LogP contribution in [0.3, 0.4) is 0 Å². The van der Waals surface area contributed by atoms with Gasteiger partial charge in [-0.05, 0) is 48.4 Å². The van der Waals surface area contributed by atoms with Crippen molar-refractivity contribution < 1.29 is 4.79 Å². The van der Waals surface area contributed by atoms with Crippen molar-refractivity contribution >= 4 is 22.2 Å². The molecule has 1 N–H and O–H groups in total. The van der Waals surface area contributed by atoms with Gasteiger partial charge in [0, 0.05) is 22.8 Å². The third-order valence-electron chi connectivity index (χ3n) is 4.82. The molecule has 4 nitrogen and oxygen atoms in total. The number of pyridine rings is 1. The number of fused-ring (bicyclic) bond motifs is 1. The van der Waals surface area contributed by atoms with E-state index in [0.29, 0.717) is 22.0 Å². The second kappa shape index (κ2) is 7.11. The molecule has 1 atom stereocenters. The van der Waals surface area contributed by atoms with Crippen molar-refractivity contribution in [2.24, 2.45) is 0 Å². The van der Waals surface area contributed by atoms with Gasteiger partial charge in [0.1, 0.15) is 11.1 Å². The van der Waals surface area contributed by atoms with E-state index in [-0.39, 0.29) is 5.91 Å². The third-order valence-corrected chi connectivity index (χ3v) is 5.99. The average molecular weight is 359 g/mol. The first-order valence-corrected chi connectivity index (χ1v) is 9.39. The summed E-state index contributed by atoms with van der Waals surface area (Å²) in [5.41, 5.74) is 3.61. The highest BCUT2D eigenvalue weighted by Gasteiger charge is 2.27. The van der Waals surface area contributed by atoms with Crippen LogP contribution >= 0.6 is 11.3 Å². The summed E-state index contributed by atoms with van der Waals surface area (Å²) in [5, 5.41) is 13.2. The molecule has 1 aliphatic rings. The lowest BCUT2D eigenvalue weighted by Crippen LogP contribution is -2.12. The summed E-state index contributed by atoms with van der Waals surface area (Å²) in [6.45, 7) is 0. The van der Waals surface area contributed by atoms with Gasteiger partial charge < -0.3 is 5.32 Å². The second-order valence-corrected chi connectivity index (χ2v) is 7.47. The maximum absolute atomic E-state index is 12.4. The normalized spacial score (nSPS) is 15.7.